The number of amides is 1. The average molecular weight is 414 g/mol. The van der Waals surface area contributed by atoms with Crippen LogP contribution in [0.4, 0.5) is 6.01 Å². The smallest absolute Gasteiger partial charge is 0.300 e. The molecule has 2 aromatic heterocycles. The molecule has 0 aliphatic carbocycles. The largest absolute Gasteiger partial charge is 0.422 e. The van der Waals surface area contributed by atoms with E-state index in [2.05, 4.69) is 25.1 Å². The van der Waals surface area contributed by atoms with E-state index in [1.807, 2.05) is 22.7 Å². The monoisotopic (exact) mass is 413 g/mol. The number of nitrogens with zero attached hydrogens (tertiary/aromatic N) is 6. The van der Waals surface area contributed by atoms with Crippen molar-refractivity contribution >= 4 is 34.9 Å². The molecule has 3 aliphatic heterocycles. The third kappa shape index (κ3) is 3.66. The summed E-state index contributed by atoms with van der Waals surface area (Å²) in [5, 5.41) is 12.4. The number of fused-ring (bicyclic) bond motifs is 1. The van der Waals surface area contributed by atoms with Crippen LogP contribution >= 0.6 is 11.8 Å². The number of carbonyl (C=O) groups excluding carboxylic acids is 1. The Kier molecular flexibility index (Phi) is 5.03. The number of oxazole rings is 1. The van der Waals surface area contributed by atoms with Crippen LogP contribution in [0.1, 0.15) is 12.1 Å². The zero-order valence-corrected chi connectivity index (χ0v) is 16.9. The lowest BCUT2D eigenvalue weighted by atomic mass is 10.1. The summed E-state index contributed by atoms with van der Waals surface area (Å²) >= 11 is 1.83. The topological polar surface area (TPSA) is 102 Å². The molecule has 152 valence electrons. The highest BCUT2D eigenvalue weighted by atomic mass is 32.2. The normalized spacial score (nSPS) is 25.6. The summed E-state index contributed by atoms with van der Waals surface area (Å²) in [6, 6.07) is 6.32. The first-order valence-corrected chi connectivity index (χ1v) is 11.1. The van der Waals surface area contributed by atoms with Crippen molar-refractivity contribution < 1.29 is 9.21 Å². The Hall–Kier alpha value is -2.35. The Morgan fingerprint density at radius 1 is 1.24 bits per heavy atom. The fourth-order valence-electron chi connectivity index (χ4n) is 4.27. The van der Waals surface area contributed by atoms with Crippen LogP contribution in [-0.2, 0) is 4.79 Å². The molecule has 2 atom stereocenters. The van der Waals surface area contributed by atoms with Crippen LogP contribution in [0.15, 0.2) is 16.5 Å². The highest BCUT2D eigenvalue weighted by molar-refractivity contribution is 7.99. The molecule has 3 fully saturated rings. The van der Waals surface area contributed by atoms with Crippen LogP contribution in [0.3, 0.4) is 0 Å². The minimum absolute atomic E-state index is 0.0471. The summed E-state index contributed by atoms with van der Waals surface area (Å²) in [5.41, 5.74) is 1.42. The molecule has 0 spiro atoms. The molecule has 5 rings (SSSR count). The van der Waals surface area contributed by atoms with Crippen molar-refractivity contribution in [2.24, 2.45) is 0 Å². The number of nitrogens with one attached hydrogen (secondary N) is 1. The molecule has 2 aromatic rings. The van der Waals surface area contributed by atoms with Crippen molar-refractivity contribution in [3.05, 3.63) is 17.8 Å². The molecule has 29 heavy (non-hydrogen) atoms. The van der Waals surface area contributed by atoms with Crippen LogP contribution in [0.25, 0.3) is 11.2 Å². The third-order valence-electron chi connectivity index (χ3n) is 5.93. The zero-order chi connectivity index (χ0) is 19.8. The maximum absolute atomic E-state index is 12.6. The molecule has 1 N–H and O–H groups in total. The zero-order valence-electron chi connectivity index (χ0n) is 16.1. The SMILES string of the molecule is N#Cc1ccc2oc(N3CCN([C@@H]4CN[C@H](C(=O)N5CCSC5)C4)CC3)nc2n1. The lowest BCUT2D eigenvalue weighted by molar-refractivity contribution is -0.131. The van der Waals surface area contributed by atoms with E-state index in [1.54, 1.807) is 12.1 Å². The van der Waals surface area contributed by atoms with Gasteiger partial charge in [-0.3, -0.25) is 9.69 Å². The van der Waals surface area contributed by atoms with Gasteiger partial charge in [0.1, 0.15) is 11.8 Å². The number of anilines is 1. The molecule has 0 bridgehead atoms. The fourth-order valence-corrected chi connectivity index (χ4v) is 5.23. The number of carbonyl (C=O) groups is 1. The van der Waals surface area contributed by atoms with E-state index >= 15 is 0 Å². The maximum atomic E-state index is 12.6. The summed E-state index contributed by atoms with van der Waals surface area (Å²) in [7, 11) is 0. The molecule has 3 aliphatic rings. The summed E-state index contributed by atoms with van der Waals surface area (Å²) in [5.74, 6) is 2.13. The summed E-state index contributed by atoms with van der Waals surface area (Å²) in [6.45, 7) is 5.18. The van der Waals surface area contributed by atoms with Gasteiger partial charge < -0.3 is 19.5 Å². The van der Waals surface area contributed by atoms with E-state index < -0.39 is 0 Å². The van der Waals surface area contributed by atoms with Crippen LogP contribution in [-0.4, -0.2) is 88.7 Å². The van der Waals surface area contributed by atoms with Gasteiger partial charge in [-0.15, -0.1) is 11.8 Å². The highest BCUT2D eigenvalue weighted by Crippen LogP contribution is 2.24. The Morgan fingerprint density at radius 2 is 2.10 bits per heavy atom. The Labute approximate surface area is 173 Å². The number of aromatic nitrogens is 2. The van der Waals surface area contributed by atoms with E-state index in [0.717, 1.165) is 57.3 Å². The minimum Gasteiger partial charge on any atom is -0.422 e. The summed E-state index contributed by atoms with van der Waals surface area (Å²) in [4.78, 5) is 27.8. The maximum Gasteiger partial charge on any atom is 0.300 e. The van der Waals surface area contributed by atoms with Crippen molar-refractivity contribution in [2.45, 2.75) is 18.5 Å². The van der Waals surface area contributed by atoms with Crippen molar-refractivity contribution in [3.8, 4) is 6.07 Å². The third-order valence-corrected chi connectivity index (χ3v) is 6.89. The van der Waals surface area contributed by atoms with Crippen molar-refractivity contribution in [1.82, 2.24) is 25.1 Å². The molecule has 0 saturated carbocycles. The van der Waals surface area contributed by atoms with Crippen molar-refractivity contribution in [2.75, 3.05) is 55.8 Å². The predicted molar refractivity (Wildman–Crippen MR) is 110 cm³/mol. The van der Waals surface area contributed by atoms with Gasteiger partial charge >= 0.3 is 0 Å². The number of piperazine rings is 1. The molecule has 3 saturated heterocycles. The quantitative estimate of drug-likeness (QED) is 0.770. The van der Waals surface area contributed by atoms with Gasteiger partial charge in [-0.05, 0) is 18.6 Å². The highest BCUT2D eigenvalue weighted by Gasteiger charge is 2.37. The summed E-state index contributed by atoms with van der Waals surface area (Å²) in [6.07, 6.45) is 0.879. The first kappa shape index (κ1) is 18.7. The number of pyridine rings is 1. The van der Waals surface area contributed by atoms with Gasteiger partial charge in [-0.1, -0.05) is 0 Å². The molecule has 1 amide bonds. The molecular formula is C19H23N7O2S. The number of nitriles is 1. The number of hydrogen-bond donors (Lipinski definition) is 1. The van der Waals surface area contributed by atoms with E-state index in [0.29, 0.717) is 29.0 Å². The van der Waals surface area contributed by atoms with Crippen LogP contribution in [0, 0.1) is 11.3 Å². The average Bonchev–Trinajstić information content (AvgIpc) is 3.53. The van der Waals surface area contributed by atoms with E-state index in [1.165, 1.54) is 0 Å². The molecule has 9 nitrogen and oxygen atoms in total. The van der Waals surface area contributed by atoms with Crippen molar-refractivity contribution in [3.63, 3.8) is 0 Å². The molecule has 0 aromatic carbocycles. The Morgan fingerprint density at radius 3 is 2.86 bits per heavy atom. The van der Waals surface area contributed by atoms with Gasteiger partial charge in [0.25, 0.3) is 6.01 Å². The minimum atomic E-state index is -0.0471. The molecule has 0 radical (unpaired) electrons. The van der Waals surface area contributed by atoms with Gasteiger partial charge in [-0.2, -0.15) is 10.2 Å². The number of thioether (sulfide) groups is 1. The second kappa shape index (κ2) is 7.82. The van der Waals surface area contributed by atoms with Gasteiger partial charge in [0.15, 0.2) is 5.58 Å². The predicted octanol–water partition coefficient (Wildman–Crippen LogP) is 0.480. The lowest BCUT2D eigenvalue weighted by Crippen LogP contribution is -2.51. The van der Waals surface area contributed by atoms with Crippen molar-refractivity contribution in [1.29, 1.82) is 5.26 Å². The Balaban J connectivity index is 1.18. The molecule has 0 unspecified atom stereocenters. The van der Waals surface area contributed by atoms with E-state index in [-0.39, 0.29) is 11.9 Å². The first-order chi connectivity index (χ1) is 14.2. The van der Waals surface area contributed by atoms with Gasteiger partial charge in [-0.25, -0.2) is 4.98 Å². The number of hydrogen-bond acceptors (Lipinski definition) is 9. The lowest BCUT2D eigenvalue weighted by Gasteiger charge is -2.37. The van der Waals surface area contributed by atoms with Crippen LogP contribution in [0.2, 0.25) is 0 Å². The standard InChI is InChI=1S/C19H23N7O2S/c20-10-13-1-2-16-17(22-13)23-19(28-16)25-5-3-24(4-6-25)14-9-15(21-11-14)18(27)26-7-8-29-12-26/h1-2,14-15,21H,3-9,11-12H2/t14-,15-/m0/s1. The molecule has 10 heteroatoms. The first-order valence-electron chi connectivity index (χ1n) is 9.98. The van der Waals surface area contributed by atoms with Gasteiger partial charge in [0, 0.05) is 51.1 Å². The van der Waals surface area contributed by atoms with E-state index in [9.17, 15) is 4.79 Å². The molecule has 5 heterocycles. The Bertz CT molecular complexity index is 944. The second-order valence-corrected chi connectivity index (χ2v) is 8.71. The number of rotatable bonds is 3. The van der Waals surface area contributed by atoms with Crippen LogP contribution in [0.5, 0.6) is 0 Å². The van der Waals surface area contributed by atoms with Crippen LogP contribution < -0.4 is 10.2 Å². The van der Waals surface area contributed by atoms with E-state index in [4.69, 9.17) is 9.68 Å². The molecular weight excluding hydrogens is 390 g/mol. The fraction of sp³-hybridized carbons (Fsp3) is 0.579. The van der Waals surface area contributed by atoms with Gasteiger partial charge in [0.05, 0.1) is 11.9 Å². The second-order valence-electron chi connectivity index (χ2n) is 7.64. The van der Waals surface area contributed by atoms with Gasteiger partial charge in [0.2, 0.25) is 11.6 Å². The summed E-state index contributed by atoms with van der Waals surface area (Å²) < 4.78 is 5.83.